The van der Waals surface area contributed by atoms with E-state index < -0.39 is 12.1 Å². The Balaban J connectivity index is 1.82. The van der Waals surface area contributed by atoms with Gasteiger partial charge in [-0.15, -0.1) is 0 Å². The SMILES string of the molecule is COc1cc2c(c(OC)c1OC)-c1ccc(N[C@H](C(=O)NCc3ccco3)C(C)C)c(=O)cc1[C@H](NC(C)=O)CC2. The molecule has 0 saturated carbocycles. The largest absolute Gasteiger partial charge is 0.493 e. The Hall–Kier alpha value is -4.47. The summed E-state index contributed by atoms with van der Waals surface area (Å²) >= 11 is 0. The Labute approximate surface area is 239 Å². The second-order valence-corrected chi connectivity index (χ2v) is 10.3. The Morgan fingerprint density at radius 1 is 1.05 bits per heavy atom. The zero-order valence-electron chi connectivity index (χ0n) is 24.3. The molecule has 0 aliphatic heterocycles. The molecule has 41 heavy (non-hydrogen) atoms. The number of nitrogens with one attached hydrogen (secondary N) is 3. The van der Waals surface area contributed by atoms with E-state index >= 15 is 0 Å². The number of methoxy groups -OCH3 is 3. The summed E-state index contributed by atoms with van der Waals surface area (Å²) in [5, 5.41) is 9.04. The van der Waals surface area contributed by atoms with Crippen LogP contribution in [0.1, 0.15) is 50.1 Å². The highest BCUT2D eigenvalue weighted by Crippen LogP contribution is 2.50. The maximum Gasteiger partial charge on any atom is 0.243 e. The van der Waals surface area contributed by atoms with E-state index in [9.17, 15) is 14.4 Å². The van der Waals surface area contributed by atoms with E-state index in [0.29, 0.717) is 47.0 Å². The van der Waals surface area contributed by atoms with Gasteiger partial charge in [0.1, 0.15) is 11.8 Å². The van der Waals surface area contributed by atoms with Crippen molar-refractivity contribution >= 4 is 17.5 Å². The number of aryl methyl sites for hydroxylation is 1. The van der Waals surface area contributed by atoms with Crippen molar-refractivity contribution in [2.24, 2.45) is 5.92 Å². The maximum absolute atomic E-state index is 13.7. The van der Waals surface area contributed by atoms with Crippen LogP contribution in [0.5, 0.6) is 17.2 Å². The summed E-state index contributed by atoms with van der Waals surface area (Å²) in [6.45, 7) is 5.49. The fraction of sp³-hybridized carbons (Fsp3) is 0.387. The third kappa shape index (κ3) is 6.32. The van der Waals surface area contributed by atoms with Gasteiger partial charge in [-0.3, -0.25) is 14.4 Å². The lowest BCUT2D eigenvalue weighted by atomic mass is 9.95. The van der Waals surface area contributed by atoms with Gasteiger partial charge in [0.05, 0.1) is 45.9 Å². The first kappa shape index (κ1) is 29.5. The third-order valence-electron chi connectivity index (χ3n) is 7.19. The van der Waals surface area contributed by atoms with Crippen LogP contribution in [0.4, 0.5) is 5.69 Å². The number of ether oxygens (including phenoxy) is 3. The van der Waals surface area contributed by atoms with Crippen LogP contribution in [0.15, 0.2) is 51.9 Å². The smallest absolute Gasteiger partial charge is 0.243 e. The van der Waals surface area contributed by atoms with E-state index in [2.05, 4.69) is 16.0 Å². The van der Waals surface area contributed by atoms with Crippen LogP contribution < -0.4 is 35.6 Å². The number of amides is 2. The Kier molecular flexibility index (Phi) is 9.21. The first-order chi connectivity index (χ1) is 19.7. The summed E-state index contributed by atoms with van der Waals surface area (Å²) in [5.74, 6) is 1.46. The number of hydrogen-bond donors (Lipinski definition) is 3. The molecule has 1 aromatic heterocycles. The molecule has 1 heterocycles. The van der Waals surface area contributed by atoms with Gasteiger partial charge in [0.25, 0.3) is 0 Å². The maximum atomic E-state index is 13.7. The molecule has 10 heteroatoms. The summed E-state index contributed by atoms with van der Waals surface area (Å²) < 4.78 is 22.4. The van der Waals surface area contributed by atoms with Crippen LogP contribution in [-0.2, 0) is 22.6 Å². The molecular weight excluding hydrogens is 526 g/mol. The standard InChI is InChI=1S/C31H37N3O7/c1-17(2)28(31(37)32-16-20-8-7-13-41-20)34-24-12-10-21-22(15-25(24)36)23(33-18(3)35)11-9-19-14-26(38-4)29(39-5)30(40-6)27(19)21/h7-8,10,12-15,17,23,28H,9,11,16H2,1-6H3,(H,32,37)(H,33,35)(H,34,36)/t23-,28+/m1/s1. The lowest BCUT2D eigenvalue weighted by Gasteiger charge is -2.22. The molecule has 4 rings (SSSR count). The second-order valence-electron chi connectivity index (χ2n) is 10.3. The molecule has 0 fully saturated rings. The summed E-state index contributed by atoms with van der Waals surface area (Å²) in [6, 6.07) is 9.35. The summed E-state index contributed by atoms with van der Waals surface area (Å²) in [6.07, 6.45) is 2.69. The van der Waals surface area contributed by atoms with Crippen LogP contribution in [0.3, 0.4) is 0 Å². The van der Waals surface area contributed by atoms with Crippen molar-refractivity contribution in [3.63, 3.8) is 0 Å². The highest BCUT2D eigenvalue weighted by Gasteiger charge is 2.30. The second kappa shape index (κ2) is 12.8. The van der Waals surface area contributed by atoms with Gasteiger partial charge >= 0.3 is 0 Å². The van der Waals surface area contributed by atoms with Gasteiger partial charge in [0, 0.05) is 12.5 Å². The Bertz CT molecular complexity index is 1470. The predicted octanol–water partition coefficient (Wildman–Crippen LogP) is 4.21. The van der Waals surface area contributed by atoms with E-state index in [1.165, 1.54) is 20.1 Å². The number of benzene rings is 1. The van der Waals surface area contributed by atoms with Crippen molar-refractivity contribution in [1.29, 1.82) is 0 Å². The van der Waals surface area contributed by atoms with Crippen molar-refractivity contribution in [3.8, 4) is 28.4 Å². The molecule has 0 saturated heterocycles. The average molecular weight is 564 g/mol. The van der Waals surface area contributed by atoms with Crippen molar-refractivity contribution in [1.82, 2.24) is 10.6 Å². The highest BCUT2D eigenvalue weighted by atomic mass is 16.5. The zero-order chi connectivity index (χ0) is 29.7. The minimum atomic E-state index is -0.683. The molecule has 2 amide bonds. The molecule has 1 aliphatic rings. The number of carbonyl (C=O) groups is 2. The van der Waals surface area contributed by atoms with Crippen LogP contribution in [-0.4, -0.2) is 39.2 Å². The normalized spacial score (nSPS) is 14.7. The summed E-state index contributed by atoms with van der Waals surface area (Å²) in [4.78, 5) is 39.0. The number of carbonyl (C=O) groups excluding carboxylic acids is 2. The number of furan rings is 1. The van der Waals surface area contributed by atoms with Crippen molar-refractivity contribution < 1.29 is 28.2 Å². The molecule has 2 atom stereocenters. The molecule has 2 aromatic carbocycles. The number of rotatable bonds is 10. The topological polar surface area (TPSA) is 128 Å². The van der Waals surface area contributed by atoms with Crippen molar-refractivity contribution in [2.45, 2.75) is 52.2 Å². The Morgan fingerprint density at radius 2 is 1.80 bits per heavy atom. The summed E-state index contributed by atoms with van der Waals surface area (Å²) in [5.41, 5.74) is 2.99. The quantitative estimate of drug-likeness (QED) is 0.335. The van der Waals surface area contributed by atoms with Crippen LogP contribution in [0.25, 0.3) is 11.1 Å². The van der Waals surface area contributed by atoms with Crippen LogP contribution >= 0.6 is 0 Å². The van der Waals surface area contributed by atoms with E-state index in [-0.39, 0.29) is 35.4 Å². The third-order valence-corrected chi connectivity index (χ3v) is 7.19. The van der Waals surface area contributed by atoms with Crippen molar-refractivity contribution in [2.75, 3.05) is 26.6 Å². The zero-order valence-corrected chi connectivity index (χ0v) is 24.3. The minimum Gasteiger partial charge on any atom is -0.493 e. The van der Waals surface area contributed by atoms with E-state index in [1.807, 2.05) is 26.0 Å². The van der Waals surface area contributed by atoms with Gasteiger partial charge in [-0.1, -0.05) is 19.9 Å². The first-order valence-electron chi connectivity index (χ1n) is 13.5. The lowest BCUT2D eigenvalue weighted by Crippen LogP contribution is -2.43. The van der Waals surface area contributed by atoms with Gasteiger partial charge in [0.15, 0.2) is 11.5 Å². The fourth-order valence-corrected chi connectivity index (χ4v) is 5.23. The first-order valence-corrected chi connectivity index (χ1v) is 13.5. The van der Waals surface area contributed by atoms with Gasteiger partial charge < -0.3 is 34.6 Å². The Morgan fingerprint density at radius 3 is 2.41 bits per heavy atom. The fourth-order valence-electron chi connectivity index (χ4n) is 5.23. The summed E-state index contributed by atoms with van der Waals surface area (Å²) in [7, 11) is 4.65. The van der Waals surface area contributed by atoms with Crippen LogP contribution in [0.2, 0.25) is 0 Å². The van der Waals surface area contributed by atoms with E-state index in [1.54, 1.807) is 38.7 Å². The number of hydrogen-bond acceptors (Lipinski definition) is 8. The molecular formula is C31H37N3O7. The molecule has 3 N–H and O–H groups in total. The number of fused-ring (bicyclic) bond motifs is 3. The average Bonchev–Trinajstić information content (AvgIpc) is 3.36. The van der Waals surface area contributed by atoms with Crippen LogP contribution in [0, 0.1) is 5.92 Å². The predicted molar refractivity (Wildman–Crippen MR) is 155 cm³/mol. The van der Waals surface area contributed by atoms with E-state index in [4.69, 9.17) is 18.6 Å². The molecule has 3 aromatic rings. The molecule has 1 aliphatic carbocycles. The van der Waals surface area contributed by atoms with Gasteiger partial charge in [-0.25, -0.2) is 0 Å². The minimum absolute atomic E-state index is 0.126. The van der Waals surface area contributed by atoms with Gasteiger partial charge in [-0.2, -0.15) is 0 Å². The highest BCUT2D eigenvalue weighted by molar-refractivity contribution is 5.86. The monoisotopic (exact) mass is 563 g/mol. The molecule has 10 nitrogen and oxygen atoms in total. The molecule has 0 radical (unpaired) electrons. The molecule has 0 bridgehead atoms. The van der Waals surface area contributed by atoms with Gasteiger partial charge in [0.2, 0.25) is 23.0 Å². The molecule has 0 unspecified atom stereocenters. The molecule has 0 spiro atoms. The van der Waals surface area contributed by atoms with E-state index in [0.717, 1.165) is 11.1 Å². The molecule has 218 valence electrons. The number of anilines is 1. The lowest BCUT2D eigenvalue weighted by molar-refractivity contribution is -0.123. The van der Waals surface area contributed by atoms with Crippen molar-refractivity contribution in [3.05, 3.63) is 69.8 Å². The van der Waals surface area contributed by atoms with Gasteiger partial charge in [-0.05, 0) is 65.8 Å².